The quantitative estimate of drug-likeness (QED) is 0.731. The van der Waals surface area contributed by atoms with Gasteiger partial charge in [-0.15, -0.1) is 0 Å². The highest BCUT2D eigenvalue weighted by atomic mass is 19.1. The summed E-state index contributed by atoms with van der Waals surface area (Å²) in [5.74, 6) is -0.356. The third kappa shape index (κ3) is 4.25. The minimum Gasteiger partial charge on any atom is -0.302 e. The second kappa shape index (κ2) is 8.28. The second-order valence-electron chi connectivity index (χ2n) is 7.63. The lowest BCUT2D eigenvalue weighted by Gasteiger charge is -2.27. The van der Waals surface area contributed by atoms with Crippen LogP contribution in [-0.2, 0) is 0 Å². The van der Waals surface area contributed by atoms with Gasteiger partial charge in [-0.2, -0.15) is 0 Å². The number of ketones is 1. The van der Waals surface area contributed by atoms with E-state index in [1.165, 1.54) is 32.0 Å². The van der Waals surface area contributed by atoms with E-state index in [9.17, 15) is 9.18 Å². The van der Waals surface area contributed by atoms with Crippen LogP contribution in [0.4, 0.5) is 4.39 Å². The van der Waals surface area contributed by atoms with E-state index >= 15 is 0 Å². The Labute approximate surface area is 160 Å². The Morgan fingerprint density at radius 1 is 1.07 bits per heavy atom. The number of aromatic nitrogens is 1. The average molecular weight is 367 g/mol. The molecule has 4 nitrogen and oxygen atoms in total. The second-order valence-corrected chi connectivity index (χ2v) is 7.63. The summed E-state index contributed by atoms with van der Waals surface area (Å²) in [6, 6.07) is 8.81. The van der Waals surface area contributed by atoms with Crippen molar-refractivity contribution in [2.24, 2.45) is 0 Å². The summed E-state index contributed by atoms with van der Waals surface area (Å²) in [5, 5.41) is 0. The van der Waals surface area contributed by atoms with Gasteiger partial charge in [-0.3, -0.25) is 14.7 Å². The monoisotopic (exact) mass is 367 g/mol. The van der Waals surface area contributed by atoms with Crippen molar-refractivity contribution < 1.29 is 9.18 Å². The van der Waals surface area contributed by atoms with Crippen LogP contribution in [0.15, 0.2) is 42.7 Å². The molecule has 0 bridgehead atoms. The van der Waals surface area contributed by atoms with Gasteiger partial charge in [0.2, 0.25) is 0 Å². The number of Topliss-reactive ketones (excluding diaryl/α,β-unsaturated/α-hetero) is 1. The minimum absolute atomic E-state index is 0.00324. The van der Waals surface area contributed by atoms with Crippen LogP contribution in [0.3, 0.4) is 0 Å². The molecule has 2 aliphatic rings. The van der Waals surface area contributed by atoms with Gasteiger partial charge in [0.05, 0.1) is 6.54 Å². The number of pyridine rings is 1. The molecule has 2 aromatic rings. The van der Waals surface area contributed by atoms with E-state index in [-0.39, 0.29) is 11.6 Å². The Hall–Kier alpha value is -2.11. The maximum Gasteiger partial charge on any atom is 0.176 e. The number of hydrogen-bond acceptors (Lipinski definition) is 4. The Kier molecular flexibility index (Phi) is 5.60. The molecule has 4 rings (SSSR count). The normalized spacial score (nSPS) is 21.0. The van der Waals surface area contributed by atoms with Crippen molar-refractivity contribution >= 4 is 5.78 Å². The zero-order valence-electron chi connectivity index (χ0n) is 15.6. The molecule has 142 valence electrons. The fourth-order valence-electron chi connectivity index (χ4n) is 4.30. The van der Waals surface area contributed by atoms with Gasteiger partial charge in [-0.25, -0.2) is 4.39 Å². The van der Waals surface area contributed by atoms with Gasteiger partial charge in [0, 0.05) is 36.1 Å². The maximum atomic E-state index is 14.6. The van der Waals surface area contributed by atoms with Crippen molar-refractivity contribution in [1.29, 1.82) is 0 Å². The van der Waals surface area contributed by atoms with Crippen molar-refractivity contribution in [1.82, 2.24) is 14.8 Å². The van der Waals surface area contributed by atoms with Crippen molar-refractivity contribution in [3.63, 3.8) is 0 Å². The Bertz CT molecular complexity index is 789. The third-order valence-electron chi connectivity index (χ3n) is 5.80. The summed E-state index contributed by atoms with van der Waals surface area (Å²) in [7, 11) is 0. The molecule has 0 aliphatic carbocycles. The fourth-order valence-corrected chi connectivity index (χ4v) is 4.30. The summed E-state index contributed by atoms with van der Waals surface area (Å²) in [4.78, 5) is 21.5. The van der Waals surface area contributed by atoms with E-state index in [1.54, 1.807) is 36.7 Å². The van der Waals surface area contributed by atoms with Crippen LogP contribution in [0, 0.1) is 5.82 Å². The highest BCUT2D eigenvalue weighted by Gasteiger charge is 2.29. The highest BCUT2D eigenvalue weighted by molar-refractivity contribution is 5.98. The maximum absolute atomic E-state index is 14.6. The van der Waals surface area contributed by atoms with E-state index in [0.29, 0.717) is 23.7 Å². The number of nitrogens with zero attached hydrogens (tertiary/aromatic N) is 3. The smallest absolute Gasteiger partial charge is 0.176 e. The van der Waals surface area contributed by atoms with Crippen LogP contribution in [0.5, 0.6) is 0 Å². The minimum atomic E-state index is -0.359. The number of hydrogen-bond donors (Lipinski definition) is 0. The lowest BCUT2D eigenvalue weighted by molar-refractivity contribution is 0.0905. The Morgan fingerprint density at radius 2 is 1.85 bits per heavy atom. The SMILES string of the molecule is O=C(CN1CCC[C@H]1CN1CCCC1)c1ccc(-c2ccncc2)c(F)c1. The number of likely N-dealkylation sites (tertiary alicyclic amines) is 2. The number of carbonyl (C=O) groups is 1. The average Bonchev–Trinajstić information content (AvgIpc) is 3.35. The van der Waals surface area contributed by atoms with Crippen molar-refractivity contribution in [3.8, 4) is 11.1 Å². The molecule has 2 aliphatic heterocycles. The molecule has 0 amide bonds. The topological polar surface area (TPSA) is 36.4 Å². The Balaban J connectivity index is 1.42. The van der Waals surface area contributed by atoms with Crippen molar-refractivity contribution in [2.45, 2.75) is 31.7 Å². The van der Waals surface area contributed by atoms with Gasteiger partial charge in [0.25, 0.3) is 0 Å². The van der Waals surface area contributed by atoms with Crippen molar-refractivity contribution in [2.75, 3.05) is 32.7 Å². The molecule has 0 spiro atoms. The molecule has 0 N–H and O–H groups in total. The fraction of sp³-hybridized carbons (Fsp3) is 0.455. The van der Waals surface area contributed by atoms with E-state index in [4.69, 9.17) is 0 Å². The number of rotatable bonds is 6. The van der Waals surface area contributed by atoms with Crippen LogP contribution < -0.4 is 0 Å². The molecule has 0 saturated carbocycles. The van der Waals surface area contributed by atoms with Gasteiger partial charge in [0.15, 0.2) is 5.78 Å². The summed E-state index contributed by atoms with van der Waals surface area (Å²) < 4.78 is 14.6. The molecule has 0 radical (unpaired) electrons. The molecular weight excluding hydrogens is 341 g/mol. The van der Waals surface area contributed by atoms with Gasteiger partial charge in [0.1, 0.15) is 5.82 Å². The lowest BCUT2D eigenvalue weighted by Crippen LogP contribution is -2.41. The molecule has 2 fully saturated rings. The number of carbonyl (C=O) groups excluding carboxylic acids is 1. The molecule has 2 saturated heterocycles. The van der Waals surface area contributed by atoms with Gasteiger partial charge in [-0.1, -0.05) is 12.1 Å². The Morgan fingerprint density at radius 3 is 2.59 bits per heavy atom. The molecule has 1 aromatic heterocycles. The highest BCUT2D eigenvalue weighted by Crippen LogP contribution is 2.24. The first-order valence-corrected chi connectivity index (χ1v) is 9.90. The number of halogens is 1. The largest absolute Gasteiger partial charge is 0.302 e. The van der Waals surface area contributed by atoms with Crippen LogP contribution in [0.1, 0.15) is 36.0 Å². The van der Waals surface area contributed by atoms with Gasteiger partial charge >= 0.3 is 0 Å². The van der Waals surface area contributed by atoms with E-state index < -0.39 is 0 Å². The first-order valence-electron chi connectivity index (χ1n) is 9.90. The van der Waals surface area contributed by atoms with Crippen molar-refractivity contribution in [3.05, 3.63) is 54.1 Å². The molecule has 1 atom stereocenters. The predicted octanol–water partition coefficient (Wildman–Crippen LogP) is 3.63. The zero-order valence-corrected chi connectivity index (χ0v) is 15.6. The standard InChI is InChI=1S/C22H26FN3O/c23-21-14-18(5-6-20(21)17-7-9-24-10-8-17)22(27)16-26-13-3-4-19(26)15-25-11-1-2-12-25/h5-10,14,19H,1-4,11-13,15-16H2/t19-/m0/s1. The summed E-state index contributed by atoms with van der Waals surface area (Å²) in [6.45, 7) is 4.76. The molecule has 0 unspecified atom stereocenters. The van der Waals surface area contributed by atoms with E-state index in [0.717, 1.165) is 31.5 Å². The summed E-state index contributed by atoms with van der Waals surface area (Å²) >= 11 is 0. The van der Waals surface area contributed by atoms with Crippen LogP contribution >= 0.6 is 0 Å². The molecule has 3 heterocycles. The first-order chi connectivity index (χ1) is 13.2. The lowest BCUT2D eigenvalue weighted by atomic mass is 10.0. The first kappa shape index (κ1) is 18.3. The zero-order chi connectivity index (χ0) is 18.6. The number of benzene rings is 1. The summed E-state index contributed by atoms with van der Waals surface area (Å²) in [6.07, 6.45) is 8.15. The van der Waals surface area contributed by atoms with Gasteiger partial charge < -0.3 is 4.90 Å². The van der Waals surface area contributed by atoms with Crippen LogP contribution in [0.25, 0.3) is 11.1 Å². The van der Waals surface area contributed by atoms with E-state index in [2.05, 4.69) is 14.8 Å². The van der Waals surface area contributed by atoms with Gasteiger partial charge in [-0.05, 0) is 69.1 Å². The molecule has 5 heteroatoms. The third-order valence-corrected chi connectivity index (χ3v) is 5.80. The molecular formula is C22H26FN3O. The predicted molar refractivity (Wildman–Crippen MR) is 104 cm³/mol. The molecule has 1 aromatic carbocycles. The summed E-state index contributed by atoms with van der Waals surface area (Å²) in [5.41, 5.74) is 1.73. The molecule has 27 heavy (non-hydrogen) atoms. The van der Waals surface area contributed by atoms with Crippen LogP contribution in [0.2, 0.25) is 0 Å². The van der Waals surface area contributed by atoms with E-state index in [1.807, 2.05) is 0 Å². The van der Waals surface area contributed by atoms with Crippen LogP contribution in [-0.4, -0.2) is 59.3 Å².